The van der Waals surface area contributed by atoms with Crippen molar-refractivity contribution in [2.24, 2.45) is 0 Å². The Kier molecular flexibility index (Phi) is 7.53. The van der Waals surface area contributed by atoms with Gasteiger partial charge >= 0.3 is 0 Å². The molecule has 0 aliphatic heterocycles. The fraction of sp³-hybridized carbons (Fsp3) is 0.364. The summed E-state index contributed by atoms with van der Waals surface area (Å²) in [5, 5.41) is 2.73. The molecule has 0 aliphatic rings. The molecule has 2 aromatic carbocycles. The van der Waals surface area contributed by atoms with Crippen molar-refractivity contribution >= 4 is 11.8 Å². The van der Waals surface area contributed by atoms with E-state index in [0.717, 1.165) is 11.1 Å². The van der Waals surface area contributed by atoms with Crippen LogP contribution >= 0.6 is 0 Å². The van der Waals surface area contributed by atoms with Crippen LogP contribution in [0.1, 0.15) is 37.0 Å². The zero-order valence-electron chi connectivity index (χ0n) is 16.2. The van der Waals surface area contributed by atoms with Crippen LogP contribution in [0.25, 0.3) is 0 Å². The first-order valence-electron chi connectivity index (χ1n) is 9.28. The van der Waals surface area contributed by atoms with E-state index in [1.807, 2.05) is 38.1 Å². The van der Waals surface area contributed by atoms with E-state index in [9.17, 15) is 14.0 Å². The van der Waals surface area contributed by atoms with Crippen molar-refractivity contribution in [3.63, 3.8) is 0 Å². The van der Waals surface area contributed by atoms with Crippen LogP contribution in [0.15, 0.2) is 48.5 Å². The molecule has 5 heteroatoms. The number of carbonyl (C=O) groups excluding carboxylic acids is 2. The lowest BCUT2D eigenvalue weighted by atomic mass is 10.1. The quantitative estimate of drug-likeness (QED) is 0.772. The minimum absolute atomic E-state index is 0.0672. The number of benzene rings is 2. The van der Waals surface area contributed by atoms with Crippen molar-refractivity contribution in [1.29, 1.82) is 0 Å². The van der Waals surface area contributed by atoms with E-state index in [-0.39, 0.29) is 30.6 Å². The largest absolute Gasteiger partial charge is 0.355 e. The molecule has 0 heterocycles. The second-order valence-electron chi connectivity index (χ2n) is 6.67. The number of amides is 2. The maximum atomic E-state index is 14.1. The highest BCUT2D eigenvalue weighted by molar-refractivity contribution is 5.87. The maximum Gasteiger partial charge on any atom is 0.242 e. The second kappa shape index (κ2) is 9.86. The summed E-state index contributed by atoms with van der Waals surface area (Å²) < 4.78 is 14.1. The number of likely N-dealkylation sites (N-methyl/N-ethyl adjacent to an activating group) is 1. The SMILES string of the molecule is CCNC(=O)C(C)N(Cc1ccccc1F)C(=O)CCc1ccc(C)cc1. The average molecular weight is 370 g/mol. The lowest BCUT2D eigenvalue weighted by Crippen LogP contribution is -2.47. The van der Waals surface area contributed by atoms with Gasteiger partial charge in [-0.25, -0.2) is 4.39 Å². The molecule has 2 rings (SSSR count). The summed E-state index contributed by atoms with van der Waals surface area (Å²) in [5.41, 5.74) is 2.62. The third-order valence-electron chi connectivity index (χ3n) is 4.56. The van der Waals surface area contributed by atoms with E-state index in [4.69, 9.17) is 0 Å². The van der Waals surface area contributed by atoms with Gasteiger partial charge in [0.1, 0.15) is 11.9 Å². The molecule has 144 valence electrons. The minimum Gasteiger partial charge on any atom is -0.355 e. The fourth-order valence-corrected chi connectivity index (χ4v) is 2.86. The topological polar surface area (TPSA) is 49.4 Å². The van der Waals surface area contributed by atoms with Crippen LogP contribution in [0, 0.1) is 12.7 Å². The predicted octanol–water partition coefficient (Wildman–Crippen LogP) is 3.62. The van der Waals surface area contributed by atoms with Gasteiger partial charge in [0.2, 0.25) is 11.8 Å². The monoisotopic (exact) mass is 370 g/mol. The molecule has 2 amide bonds. The Morgan fingerprint density at radius 3 is 2.41 bits per heavy atom. The summed E-state index contributed by atoms with van der Waals surface area (Å²) in [6.07, 6.45) is 0.844. The normalized spacial score (nSPS) is 11.7. The number of hydrogen-bond donors (Lipinski definition) is 1. The lowest BCUT2D eigenvalue weighted by molar-refractivity contribution is -0.140. The van der Waals surface area contributed by atoms with Crippen molar-refractivity contribution in [3.05, 3.63) is 71.0 Å². The molecule has 1 N–H and O–H groups in total. The molecule has 4 nitrogen and oxygen atoms in total. The standard InChI is InChI=1S/C22H27FN2O2/c1-4-24-22(27)17(3)25(15-19-7-5-6-8-20(19)23)21(26)14-13-18-11-9-16(2)10-12-18/h5-12,17H,4,13-15H2,1-3H3,(H,24,27). The lowest BCUT2D eigenvalue weighted by Gasteiger charge is -2.29. The fourth-order valence-electron chi connectivity index (χ4n) is 2.86. The van der Waals surface area contributed by atoms with E-state index in [1.165, 1.54) is 11.0 Å². The van der Waals surface area contributed by atoms with Gasteiger partial charge in [0.15, 0.2) is 0 Å². The number of rotatable bonds is 8. The molecule has 0 bridgehead atoms. The van der Waals surface area contributed by atoms with Crippen molar-refractivity contribution in [1.82, 2.24) is 10.2 Å². The zero-order valence-corrected chi connectivity index (χ0v) is 16.2. The molecule has 0 spiro atoms. The molecular weight excluding hydrogens is 343 g/mol. The smallest absolute Gasteiger partial charge is 0.242 e. The highest BCUT2D eigenvalue weighted by Crippen LogP contribution is 2.15. The Morgan fingerprint density at radius 1 is 1.11 bits per heavy atom. The Bertz CT molecular complexity index is 774. The first-order chi connectivity index (χ1) is 12.9. The van der Waals surface area contributed by atoms with Gasteiger partial charge in [-0.05, 0) is 38.8 Å². The van der Waals surface area contributed by atoms with Gasteiger partial charge in [0, 0.05) is 25.1 Å². The molecule has 0 saturated heterocycles. The molecule has 27 heavy (non-hydrogen) atoms. The van der Waals surface area contributed by atoms with Crippen molar-refractivity contribution in [3.8, 4) is 0 Å². The molecule has 1 atom stereocenters. The van der Waals surface area contributed by atoms with Crippen molar-refractivity contribution < 1.29 is 14.0 Å². The van der Waals surface area contributed by atoms with Crippen LogP contribution in [0.4, 0.5) is 4.39 Å². The molecule has 0 fully saturated rings. The number of halogens is 1. The van der Waals surface area contributed by atoms with Crippen molar-refractivity contribution in [2.75, 3.05) is 6.54 Å². The summed E-state index contributed by atoms with van der Waals surface area (Å²) in [7, 11) is 0. The molecule has 0 radical (unpaired) electrons. The van der Waals surface area contributed by atoms with E-state index in [2.05, 4.69) is 5.32 Å². The Hall–Kier alpha value is -2.69. The van der Waals surface area contributed by atoms with Crippen LogP contribution in [0.2, 0.25) is 0 Å². The van der Waals surface area contributed by atoms with Gasteiger partial charge in [-0.1, -0.05) is 48.0 Å². The van der Waals surface area contributed by atoms with E-state index in [1.54, 1.807) is 25.1 Å². The number of aryl methyl sites for hydroxylation is 2. The van der Waals surface area contributed by atoms with Crippen LogP contribution in [0.5, 0.6) is 0 Å². The molecular formula is C22H27FN2O2. The highest BCUT2D eigenvalue weighted by Gasteiger charge is 2.26. The van der Waals surface area contributed by atoms with Crippen LogP contribution in [-0.4, -0.2) is 29.3 Å². The number of nitrogens with one attached hydrogen (secondary N) is 1. The van der Waals surface area contributed by atoms with E-state index >= 15 is 0 Å². The Labute approximate surface area is 160 Å². The third-order valence-corrected chi connectivity index (χ3v) is 4.56. The van der Waals surface area contributed by atoms with E-state index < -0.39 is 6.04 Å². The highest BCUT2D eigenvalue weighted by atomic mass is 19.1. The average Bonchev–Trinajstić information content (AvgIpc) is 2.66. The van der Waals surface area contributed by atoms with Gasteiger partial charge in [-0.2, -0.15) is 0 Å². The van der Waals surface area contributed by atoms with Crippen LogP contribution in [0.3, 0.4) is 0 Å². The summed E-state index contributed by atoms with van der Waals surface area (Å²) >= 11 is 0. The van der Waals surface area contributed by atoms with E-state index in [0.29, 0.717) is 18.5 Å². The van der Waals surface area contributed by atoms with Gasteiger partial charge in [-0.15, -0.1) is 0 Å². The molecule has 2 aromatic rings. The molecule has 0 aliphatic carbocycles. The van der Waals surface area contributed by atoms with Gasteiger partial charge in [0.05, 0.1) is 0 Å². The molecule has 1 unspecified atom stereocenters. The zero-order chi connectivity index (χ0) is 19.8. The number of hydrogen-bond acceptors (Lipinski definition) is 2. The maximum absolute atomic E-state index is 14.1. The third kappa shape index (κ3) is 5.91. The first kappa shape index (κ1) is 20.6. The van der Waals surface area contributed by atoms with Gasteiger partial charge < -0.3 is 10.2 Å². The van der Waals surface area contributed by atoms with Gasteiger partial charge in [0.25, 0.3) is 0 Å². The van der Waals surface area contributed by atoms with Gasteiger partial charge in [-0.3, -0.25) is 9.59 Å². The van der Waals surface area contributed by atoms with Crippen molar-refractivity contribution in [2.45, 2.75) is 46.2 Å². The van der Waals surface area contributed by atoms with Crippen LogP contribution < -0.4 is 5.32 Å². The van der Waals surface area contributed by atoms with Crippen LogP contribution in [-0.2, 0) is 22.6 Å². The number of carbonyl (C=O) groups is 2. The summed E-state index contributed by atoms with van der Waals surface area (Å²) in [4.78, 5) is 26.6. The summed E-state index contributed by atoms with van der Waals surface area (Å²) in [5.74, 6) is -0.785. The Balaban J connectivity index is 2.14. The second-order valence-corrected chi connectivity index (χ2v) is 6.67. The summed E-state index contributed by atoms with van der Waals surface area (Å²) in [6.45, 7) is 6.06. The summed E-state index contributed by atoms with van der Waals surface area (Å²) in [6, 6.07) is 13.7. The Morgan fingerprint density at radius 2 is 1.78 bits per heavy atom. The minimum atomic E-state index is -0.671. The first-order valence-corrected chi connectivity index (χ1v) is 9.28. The molecule has 0 aromatic heterocycles. The predicted molar refractivity (Wildman–Crippen MR) is 105 cm³/mol. The number of nitrogens with zero attached hydrogens (tertiary/aromatic N) is 1. The molecule has 0 saturated carbocycles.